The van der Waals surface area contributed by atoms with Gasteiger partial charge < -0.3 is 5.73 Å². The Morgan fingerprint density at radius 3 is 1.95 bits per heavy atom. The minimum atomic E-state index is 0.841. The van der Waals surface area contributed by atoms with Gasteiger partial charge in [0.05, 0.1) is 0 Å². The van der Waals surface area contributed by atoms with Crippen LogP contribution in [-0.2, 0) is 0 Å². The molecule has 20 heavy (non-hydrogen) atoms. The minimum absolute atomic E-state index is 0.841. The Labute approximate surface area is 119 Å². The summed E-state index contributed by atoms with van der Waals surface area (Å²) in [5.41, 5.74) is 13.0. The first-order valence-electron chi connectivity index (χ1n) is 6.77. The second-order valence-corrected chi connectivity index (χ2v) is 4.95. The maximum atomic E-state index is 6.42. The van der Waals surface area contributed by atoms with Crippen molar-refractivity contribution in [2.75, 3.05) is 5.73 Å². The number of nitrogen functional groups attached to an aromatic ring is 1. The summed E-state index contributed by atoms with van der Waals surface area (Å²) in [4.78, 5) is 0. The molecule has 0 fully saturated rings. The van der Waals surface area contributed by atoms with Crippen LogP contribution in [0.25, 0.3) is 22.3 Å². The molecule has 1 nitrogen and oxygen atoms in total. The van der Waals surface area contributed by atoms with Crippen molar-refractivity contribution in [3.8, 4) is 22.3 Å². The molecule has 0 heterocycles. The van der Waals surface area contributed by atoms with Crippen molar-refractivity contribution < 1.29 is 0 Å². The van der Waals surface area contributed by atoms with E-state index in [1.54, 1.807) is 0 Å². The number of aryl methyl sites for hydroxylation is 1. The van der Waals surface area contributed by atoms with Crippen molar-refractivity contribution in [1.29, 1.82) is 0 Å². The summed E-state index contributed by atoms with van der Waals surface area (Å²) < 4.78 is 0. The molecule has 0 saturated carbocycles. The summed E-state index contributed by atoms with van der Waals surface area (Å²) in [6.07, 6.45) is 0. The lowest BCUT2D eigenvalue weighted by Gasteiger charge is -2.13. The van der Waals surface area contributed by atoms with Gasteiger partial charge in [-0.1, -0.05) is 72.8 Å². The van der Waals surface area contributed by atoms with Crippen LogP contribution in [0.2, 0.25) is 0 Å². The lowest BCUT2D eigenvalue weighted by molar-refractivity contribution is 1.46. The van der Waals surface area contributed by atoms with Gasteiger partial charge in [0.1, 0.15) is 0 Å². The number of hydrogen-bond acceptors (Lipinski definition) is 1. The van der Waals surface area contributed by atoms with Crippen LogP contribution in [0.4, 0.5) is 5.69 Å². The maximum absolute atomic E-state index is 6.42. The topological polar surface area (TPSA) is 26.0 Å². The van der Waals surface area contributed by atoms with Gasteiger partial charge in [0.2, 0.25) is 0 Å². The third kappa shape index (κ3) is 2.19. The summed E-state index contributed by atoms with van der Waals surface area (Å²) in [5.74, 6) is 0. The van der Waals surface area contributed by atoms with Crippen molar-refractivity contribution >= 4 is 5.69 Å². The second-order valence-electron chi connectivity index (χ2n) is 4.95. The normalized spacial score (nSPS) is 10.4. The van der Waals surface area contributed by atoms with Crippen molar-refractivity contribution in [3.05, 3.63) is 78.4 Å². The highest BCUT2D eigenvalue weighted by Gasteiger charge is 2.09. The predicted octanol–water partition coefficient (Wildman–Crippen LogP) is 4.91. The molecular formula is C19H17N. The molecular weight excluding hydrogens is 242 g/mol. The van der Waals surface area contributed by atoms with Crippen LogP contribution in [0, 0.1) is 6.92 Å². The molecule has 0 aliphatic heterocycles. The first-order valence-corrected chi connectivity index (χ1v) is 6.77. The summed E-state index contributed by atoms with van der Waals surface area (Å²) in [6.45, 7) is 2.12. The molecule has 0 spiro atoms. The van der Waals surface area contributed by atoms with E-state index in [4.69, 9.17) is 5.73 Å². The van der Waals surface area contributed by atoms with Crippen LogP contribution in [0.1, 0.15) is 5.56 Å². The van der Waals surface area contributed by atoms with Crippen LogP contribution in [0.15, 0.2) is 72.8 Å². The van der Waals surface area contributed by atoms with Crippen LogP contribution in [-0.4, -0.2) is 0 Å². The van der Waals surface area contributed by atoms with Crippen molar-refractivity contribution in [2.45, 2.75) is 6.92 Å². The molecule has 0 aliphatic rings. The Morgan fingerprint density at radius 1 is 0.600 bits per heavy atom. The van der Waals surface area contributed by atoms with Crippen molar-refractivity contribution in [1.82, 2.24) is 0 Å². The molecule has 0 atom stereocenters. The SMILES string of the molecule is Cc1ccccc1-c1cccc(-c2ccccc2)c1N. The first kappa shape index (κ1) is 12.5. The lowest BCUT2D eigenvalue weighted by Crippen LogP contribution is -1.95. The van der Waals surface area contributed by atoms with E-state index in [2.05, 4.69) is 61.5 Å². The molecule has 1 heteroatoms. The number of rotatable bonds is 2. The molecule has 0 bridgehead atoms. The van der Waals surface area contributed by atoms with E-state index in [9.17, 15) is 0 Å². The number of hydrogen-bond donors (Lipinski definition) is 1. The third-order valence-electron chi connectivity index (χ3n) is 3.63. The average molecular weight is 259 g/mol. The van der Waals surface area contributed by atoms with E-state index in [0.717, 1.165) is 22.4 Å². The largest absolute Gasteiger partial charge is 0.398 e. The quantitative estimate of drug-likeness (QED) is 0.650. The highest BCUT2D eigenvalue weighted by molar-refractivity contribution is 5.89. The highest BCUT2D eigenvalue weighted by Crippen LogP contribution is 2.35. The van der Waals surface area contributed by atoms with Crippen molar-refractivity contribution in [2.24, 2.45) is 0 Å². The average Bonchev–Trinajstić information content (AvgIpc) is 2.49. The van der Waals surface area contributed by atoms with Gasteiger partial charge in [0.15, 0.2) is 0 Å². The first-order chi connectivity index (χ1) is 9.77. The molecule has 98 valence electrons. The van der Waals surface area contributed by atoms with Crippen LogP contribution in [0.3, 0.4) is 0 Å². The molecule has 0 saturated heterocycles. The van der Waals surface area contributed by atoms with Gasteiger partial charge in [-0.2, -0.15) is 0 Å². The van der Waals surface area contributed by atoms with E-state index in [1.165, 1.54) is 11.1 Å². The molecule has 2 N–H and O–H groups in total. The summed E-state index contributed by atoms with van der Waals surface area (Å²) >= 11 is 0. The Morgan fingerprint density at radius 2 is 1.20 bits per heavy atom. The number of nitrogens with two attached hydrogens (primary N) is 1. The van der Waals surface area contributed by atoms with E-state index in [-0.39, 0.29) is 0 Å². The molecule has 3 aromatic rings. The Kier molecular flexibility index (Phi) is 3.26. The van der Waals surface area contributed by atoms with Gasteiger partial charge in [-0.15, -0.1) is 0 Å². The van der Waals surface area contributed by atoms with E-state index in [1.807, 2.05) is 18.2 Å². The lowest BCUT2D eigenvalue weighted by atomic mass is 9.94. The fourth-order valence-corrected chi connectivity index (χ4v) is 2.54. The van der Waals surface area contributed by atoms with Crippen LogP contribution < -0.4 is 5.73 Å². The fraction of sp³-hybridized carbons (Fsp3) is 0.0526. The van der Waals surface area contributed by atoms with Gasteiger partial charge in [0, 0.05) is 16.8 Å². The molecule has 0 radical (unpaired) electrons. The van der Waals surface area contributed by atoms with Gasteiger partial charge >= 0.3 is 0 Å². The molecule has 0 amide bonds. The number of benzene rings is 3. The molecule has 3 rings (SSSR count). The zero-order chi connectivity index (χ0) is 13.9. The Hall–Kier alpha value is -2.54. The predicted molar refractivity (Wildman–Crippen MR) is 86.5 cm³/mol. The maximum Gasteiger partial charge on any atom is 0.0473 e. The zero-order valence-corrected chi connectivity index (χ0v) is 11.5. The van der Waals surface area contributed by atoms with Gasteiger partial charge in [0.25, 0.3) is 0 Å². The number of para-hydroxylation sites is 1. The molecule has 0 unspecified atom stereocenters. The van der Waals surface area contributed by atoms with E-state index < -0.39 is 0 Å². The molecule has 0 aliphatic carbocycles. The summed E-state index contributed by atoms with van der Waals surface area (Å²) in [6, 6.07) is 24.8. The van der Waals surface area contributed by atoms with E-state index >= 15 is 0 Å². The smallest absolute Gasteiger partial charge is 0.0473 e. The minimum Gasteiger partial charge on any atom is -0.398 e. The van der Waals surface area contributed by atoms with Gasteiger partial charge in [-0.3, -0.25) is 0 Å². The van der Waals surface area contributed by atoms with Crippen molar-refractivity contribution in [3.63, 3.8) is 0 Å². The highest BCUT2D eigenvalue weighted by atomic mass is 14.6. The molecule has 3 aromatic carbocycles. The zero-order valence-electron chi connectivity index (χ0n) is 11.5. The summed E-state index contributed by atoms with van der Waals surface area (Å²) in [7, 11) is 0. The Balaban J connectivity index is 2.19. The summed E-state index contributed by atoms with van der Waals surface area (Å²) in [5, 5.41) is 0. The van der Waals surface area contributed by atoms with Gasteiger partial charge in [-0.05, 0) is 23.6 Å². The fourth-order valence-electron chi connectivity index (χ4n) is 2.54. The third-order valence-corrected chi connectivity index (χ3v) is 3.63. The van der Waals surface area contributed by atoms with Gasteiger partial charge in [-0.25, -0.2) is 0 Å². The Bertz CT molecular complexity index is 730. The standard InChI is InChI=1S/C19H17N/c1-14-8-5-6-11-16(14)18-13-7-12-17(19(18)20)15-9-3-2-4-10-15/h2-13H,20H2,1H3. The second kappa shape index (κ2) is 5.22. The van der Waals surface area contributed by atoms with E-state index in [0.29, 0.717) is 0 Å². The molecule has 0 aromatic heterocycles. The van der Waals surface area contributed by atoms with Crippen LogP contribution in [0.5, 0.6) is 0 Å². The monoisotopic (exact) mass is 259 g/mol. The van der Waals surface area contributed by atoms with Crippen LogP contribution >= 0.6 is 0 Å². The number of anilines is 1.